The predicted octanol–water partition coefficient (Wildman–Crippen LogP) is 8.33. The summed E-state index contributed by atoms with van der Waals surface area (Å²) in [4.78, 5) is 14.1. The van der Waals surface area contributed by atoms with Gasteiger partial charge in [0, 0.05) is 39.7 Å². The molecule has 3 nitrogen and oxygen atoms in total. The van der Waals surface area contributed by atoms with E-state index in [-0.39, 0.29) is 0 Å². The Balaban J connectivity index is 1.34. The molecule has 0 amide bonds. The van der Waals surface area contributed by atoms with E-state index in [1.807, 2.05) is 30.5 Å². The van der Waals surface area contributed by atoms with Crippen LogP contribution < -0.4 is 0 Å². The lowest BCUT2D eigenvalue weighted by atomic mass is 9.94. The summed E-state index contributed by atoms with van der Waals surface area (Å²) in [5, 5.41) is 6.10. The van der Waals surface area contributed by atoms with E-state index < -0.39 is 0 Å². The van der Waals surface area contributed by atoms with Crippen LogP contribution >= 0.6 is 0 Å². The predicted molar refractivity (Wildman–Crippen MR) is 149 cm³/mol. The molecule has 3 heterocycles. The molecule has 4 aromatic carbocycles. The van der Waals surface area contributed by atoms with E-state index in [0.29, 0.717) is 0 Å². The first-order valence-corrected chi connectivity index (χ1v) is 12.0. The van der Waals surface area contributed by atoms with E-state index in [2.05, 4.69) is 101 Å². The van der Waals surface area contributed by atoms with Crippen molar-refractivity contribution in [1.29, 1.82) is 0 Å². The van der Waals surface area contributed by atoms with Crippen LogP contribution in [-0.4, -0.2) is 15.0 Å². The fraction of sp³-hybridized carbons (Fsp3) is 0. The number of aromatic nitrogens is 3. The van der Waals surface area contributed by atoms with Crippen LogP contribution in [0.5, 0.6) is 0 Å². The van der Waals surface area contributed by atoms with Crippen LogP contribution in [0.3, 0.4) is 0 Å². The summed E-state index contributed by atoms with van der Waals surface area (Å²) >= 11 is 0. The second-order valence-corrected chi connectivity index (χ2v) is 8.91. The Kier molecular flexibility index (Phi) is 4.78. The second-order valence-electron chi connectivity index (χ2n) is 8.91. The van der Waals surface area contributed by atoms with Crippen molar-refractivity contribution in [2.24, 2.45) is 0 Å². The molecular formula is C33H21N3. The fourth-order valence-corrected chi connectivity index (χ4v) is 4.99. The van der Waals surface area contributed by atoms with Crippen LogP contribution in [0.4, 0.5) is 0 Å². The van der Waals surface area contributed by atoms with Crippen molar-refractivity contribution in [2.75, 3.05) is 0 Å². The number of pyridine rings is 3. The highest BCUT2D eigenvalue weighted by atomic mass is 14.8. The standard InChI is InChI=1S/C33H21N3/c1-2-8-26-23(7-1)16-18-28-32(26)27-9-3-4-10-29(27)36-33(28)24-14-12-22(13-15-24)25-17-19-31(35-21-25)30-11-5-6-20-34-30/h1-21H. The lowest BCUT2D eigenvalue weighted by molar-refractivity contribution is 1.25. The number of rotatable bonds is 3. The molecule has 0 fully saturated rings. The molecule has 36 heavy (non-hydrogen) atoms. The number of hydrogen-bond donors (Lipinski definition) is 0. The summed E-state index contributed by atoms with van der Waals surface area (Å²) in [5.74, 6) is 0. The maximum absolute atomic E-state index is 5.11. The van der Waals surface area contributed by atoms with Crippen LogP contribution in [0.1, 0.15) is 0 Å². The first-order valence-electron chi connectivity index (χ1n) is 12.0. The van der Waals surface area contributed by atoms with Gasteiger partial charge in [-0.25, -0.2) is 4.98 Å². The molecule has 3 aromatic heterocycles. The number of benzene rings is 4. The van der Waals surface area contributed by atoms with Crippen LogP contribution in [0.25, 0.3) is 66.2 Å². The van der Waals surface area contributed by atoms with Gasteiger partial charge in [-0.15, -0.1) is 0 Å². The van der Waals surface area contributed by atoms with Crippen LogP contribution in [-0.2, 0) is 0 Å². The highest BCUT2D eigenvalue weighted by molar-refractivity contribution is 6.22. The Hall–Kier alpha value is -4.89. The first-order chi connectivity index (χ1) is 17.8. The Morgan fingerprint density at radius 2 is 1.17 bits per heavy atom. The van der Waals surface area contributed by atoms with Gasteiger partial charge in [-0.1, -0.05) is 91.0 Å². The van der Waals surface area contributed by atoms with E-state index >= 15 is 0 Å². The van der Waals surface area contributed by atoms with Gasteiger partial charge in [-0.3, -0.25) is 9.97 Å². The van der Waals surface area contributed by atoms with Crippen LogP contribution in [0.2, 0.25) is 0 Å². The Bertz CT molecular complexity index is 1840. The van der Waals surface area contributed by atoms with Crippen molar-refractivity contribution in [2.45, 2.75) is 0 Å². The van der Waals surface area contributed by atoms with Crippen molar-refractivity contribution < 1.29 is 0 Å². The summed E-state index contributed by atoms with van der Waals surface area (Å²) in [6.07, 6.45) is 3.70. The third-order valence-electron chi connectivity index (χ3n) is 6.77. The molecule has 0 bridgehead atoms. The Morgan fingerprint density at radius 3 is 1.97 bits per heavy atom. The van der Waals surface area contributed by atoms with Gasteiger partial charge in [0.2, 0.25) is 0 Å². The van der Waals surface area contributed by atoms with E-state index in [9.17, 15) is 0 Å². The molecule has 168 valence electrons. The van der Waals surface area contributed by atoms with Crippen molar-refractivity contribution in [1.82, 2.24) is 15.0 Å². The molecule has 0 aliphatic carbocycles. The summed E-state index contributed by atoms with van der Waals surface area (Å²) in [6, 6.07) is 40.0. The molecule has 0 unspecified atom stereocenters. The molecule has 0 spiro atoms. The van der Waals surface area contributed by atoms with Crippen molar-refractivity contribution in [3.05, 3.63) is 128 Å². The molecule has 0 saturated heterocycles. The SMILES string of the molecule is c1ccc(-c2ccc(-c3ccc(-c4nc5ccccc5c5c4ccc4ccccc45)cc3)cn2)nc1. The van der Waals surface area contributed by atoms with Gasteiger partial charge in [0.15, 0.2) is 0 Å². The number of fused-ring (bicyclic) bond motifs is 5. The molecule has 0 atom stereocenters. The third kappa shape index (κ3) is 3.41. The topological polar surface area (TPSA) is 38.7 Å². The minimum absolute atomic E-state index is 0.870. The van der Waals surface area contributed by atoms with Crippen molar-refractivity contribution in [3.63, 3.8) is 0 Å². The molecule has 3 heteroatoms. The van der Waals surface area contributed by atoms with E-state index in [4.69, 9.17) is 4.98 Å². The summed E-state index contributed by atoms with van der Waals surface area (Å²) in [7, 11) is 0. The van der Waals surface area contributed by atoms with Crippen molar-refractivity contribution in [3.8, 4) is 33.8 Å². The van der Waals surface area contributed by atoms with Gasteiger partial charge in [-0.2, -0.15) is 0 Å². The highest BCUT2D eigenvalue weighted by Crippen LogP contribution is 2.37. The zero-order chi connectivity index (χ0) is 23.9. The Morgan fingerprint density at radius 1 is 0.444 bits per heavy atom. The Labute approximate surface area is 208 Å². The average molecular weight is 460 g/mol. The molecular weight excluding hydrogens is 438 g/mol. The van der Waals surface area contributed by atoms with E-state index in [1.54, 1.807) is 6.20 Å². The maximum atomic E-state index is 5.11. The summed E-state index contributed by atoms with van der Waals surface area (Å²) in [5.41, 5.74) is 7.05. The van der Waals surface area contributed by atoms with Crippen molar-refractivity contribution >= 4 is 32.4 Å². The van der Waals surface area contributed by atoms with Gasteiger partial charge < -0.3 is 0 Å². The maximum Gasteiger partial charge on any atom is 0.0886 e. The molecule has 0 saturated carbocycles. The summed E-state index contributed by atoms with van der Waals surface area (Å²) < 4.78 is 0. The van der Waals surface area contributed by atoms with Gasteiger partial charge in [0.05, 0.1) is 22.6 Å². The number of nitrogens with zero attached hydrogens (tertiary/aromatic N) is 3. The van der Waals surface area contributed by atoms with Gasteiger partial charge >= 0.3 is 0 Å². The second kappa shape index (κ2) is 8.40. The minimum Gasteiger partial charge on any atom is -0.255 e. The molecule has 7 rings (SSSR count). The van der Waals surface area contributed by atoms with Crippen LogP contribution in [0, 0.1) is 0 Å². The number of hydrogen-bond acceptors (Lipinski definition) is 3. The number of para-hydroxylation sites is 1. The normalized spacial score (nSPS) is 11.3. The first kappa shape index (κ1) is 20.5. The molecule has 0 aliphatic heterocycles. The smallest absolute Gasteiger partial charge is 0.0886 e. The molecule has 0 N–H and O–H groups in total. The molecule has 0 aliphatic rings. The average Bonchev–Trinajstić information content (AvgIpc) is 2.97. The third-order valence-corrected chi connectivity index (χ3v) is 6.77. The van der Waals surface area contributed by atoms with Crippen LogP contribution in [0.15, 0.2) is 128 Å². The zero-order valence-corrected chi connectivity index (χ0v) is 19.5. The zero-order valence-electron chi connectivity index (χ0n) is 19.5. The minimum atomic E-state index is 0.870. The molecule has 0 radical (unpaired) electrons. The molecule has 7 aromatic rings. The quantitative estimate of drug-likeness (QED) is 0.249. The van der Waals surface area contributed by atoms with Gasteiger partial charge in [0.25, 0.3) is 0 Å². The van der Waals surface area contributed by atoms with E-state index in [1.165, 1.54) is 26.9 Å². The van der Waals surface area contributed by atoms with Gasteiger partial charge in [0.1, 0.15) is 0 Å². The fourth-order valence-electron chi connectivity index (χ4n) is 4.99. The van der Waals surface area contributed by atoms with E-state index in [0.717, 1.165) is 39.3 Å². The highest BCUT2D eigenvalue weighted by Gasteiger charge is 2.13. The summed E-state index contributed by atoms with van der Waals surface area (Å²) in [6.45, 7) is 0. The lowest BCUT2D eigenvalue weighted by Gasteiger charge is -2.13. The lowest BCUT2D eigenvalue weighted by Crippen LogP contribution is -1.91. The monoisotopic (exact) mass is 459 g/mol. The largest absolute Gasteiger partial charge is 0.255 e. The van der Waals surface area contributed by atoms with Gasteiger partial charge in [-0.05, 0) is 40.6 Å².